The van der Waals surface area contributed by atoms with E-state index in [0.29, 0.717) is 22.8 Å². The first-order chi connectivity index (χ1) is 10.2. The van der Waals surface area contributed by atoms with Gasteiger partial charge in [0.2, 0.25) is 0 Å². The van der Waals surface area contributed by atoms with Crippen LogP contribution in [0.5, 0.6) is 5.75 Å². The zero-order valence-corrected chi connectivity index (χ0v) is 12.7. The molecule has 0 unspecified atom stereocenters. The predicted octanol–water partition coefficient (Wildman–Crippen LogP) is 1.88. The van der Waals surface area contributed by atoms with Gasteiger partial charge in [0.15, 0.2) is 0 Å². The number of ether oxygens (including phenoxy) is 1. The number of carbonyl (C=O) groups excluding carboxylic acids is 1. The van der Waals surface area contributed by atoms with Gasteiger partial charge in [-0.2, -0.15) is 0 Å². The van der Waals surface area contributed by atoms with Crippen molar-refractivity contribution in [1.82, 2.24) is 4.90 Å². The second-order valence-electron chi connectivity index (χ2n) is 5.40. The lowest BCUT2D eigenvalue weighted by Crippen LogP contribution is -2.37. The Balaban J connectivity index is 2.21. The van der Waals surface area contributed by atoms with E-state index in [0.717, 1.165) is 25.9 Å². The third-order valence-electron chi connectivity index (χ3n) is 3.84. The Bertz CT molecular complexity index is 564. The second kappa shape index (κ2) is 7.14. The van der Waals surface area contributed by atoms with Crippen LogP contribution in [0.4, 0.5) is 0 Å². The van der Waals surface area contributed by atoms with Gasteiger partial charge in [-0.3, -0.25) is 4.79 Å². The summed E-state index contributed by atoms with van der Waals surface area (Å²) in [4.78, 5) is 14.5. The van der Waals surface area contributed by atoms with Gasteiger partial charge in [0.1, 0.15) is 5.75 Å². The zero-order chi connectivity index (χ0) is 15.2. The summed E-state index contributed by atoms with van der Waals surface area (Å²) >= 11 is 0. The highest BCUT2D eigenvalue weighted by molar-refractivity contribution is 5.95. The van der Waals surface area contributed by atoms with Gasteiger partial charge >= 0.3 is 0 Å². The Labute approximate surface area is 126 Å². The molecule has 1 heterocycles. The topological polar surface area (TPSA) is 55.6 Å². The normalized spacial score (nSPS) is 15.3. The van der Waals surface area contributed by atoms with Gasteiger partial charge in [0.25, 0.3) is 5.91 Å². The first-order valence-electron chi connectivity index (χ1n) is 7.32. The van der Waals surface area contributed by atoms with E-state index in [1.54, 1.807) is 25.3 Å². The number of rotatable bonds is 2. The van der Waals surface area contributed by atoms with Crippen LogP contribution in [0.2, 0.25) is 0 Å². The Morgan fingerprint density at radius 1 is 1.43 bits per heavy atom. The largest absolute Gasteiger partial charge is 0.495 e. The number of benzene rings is 1. The number of methoxy groups -OCH3 is 1. The lowest BCUT2D eigenvalue weighted by Gasteiger charge is -2.30. The van der Waals surface area contributed by atoms with E-state index in [1.165, 1.54) is 0 Å². The predicted molar refractivity (Wildman–Crippen MR) is 83.2 cm³/mol. The van der Waals surface area contributed by atoms with Crippen molar-refractivity contribution in [2.45, 2.75) is 19.8 Å². The summed E-state index contributed by atoms with van der Waals surface area (Å²) in [6.45, 7) is 4.17. The van der Waals surface area contributed by atoms with Crippen LogP contribution in [0.3, 0.4) is 0 Å². The second-order valence-corrected chi connectivity index (χ2v) is 5.40. The van der Waals surface area contributed by atoms with Gasteiger partial charge in [-0.15, -0.1) is 0 Å². The molecule has 1 aromatic rings. The van der Waals surface area contributed by atoms with E-state index in [-0.39, 0.29) is 12.5 Å². The average Bonchev–Trinajstić information content (AvgIpc) is 2.52. The number of nitrogens with two attached hydrogens (primary N) is 1. The van der Waals surface area contributed by atoms with Crippen LogP contribution in [0, 0.1) is 17.8 Å². The summed E-state index contributed by atoms with van der Waals surface area (Å²) in [5, 5.41) is 0. The van der Waals surface area contributed by atoms with Crippen LogP contribution in [-0.4, -0.2) is 37.6 Å². The number of hydrogen-bond donors (Lipinski definition) is 1. The van der Waals surface area contributed by atoms with Crippen molar-refractivity contribution in [3.05, 3.63) is 29.3 Å². The summed E-state index contributed by atoms with van der Waals surface area (Å²) in [6, 6.07) is 5.38. The first-order valence-corrected chi connectivity index (χ1v) is 7.32. The van der Waals surface area contributed by atoms with Crippen LogP contribution in [0.25, 0.3) is 0 Å². The monoisotopic (exact) mass is 286 g/mol. The van der Waals surface area contributed by atoms with Crippen molar-refractivity contribution in [2.24, 2.45) is 11.7 Å². The van der Waals surface area contributed by atoms with Crippen LogP contribution in [0.1, 0.15) is 35.7 Å². The van der Waals surface area contributed by atoms with E-state index in [4.69, 9.17) is 10.5 Å². The Kier molecular flexibility index (Phi) is 5.24. The fraction of sp³-hybridized carbons (Fsp3) is 0.471. The molecule has 0 aromatic heterocycles. The molecule has 0 radical (unpaired) electrons. The van der Waals surface area contributed by atoms with Gasteiger partial charge in [-0.05, 0) is 37.0 Å². The molecule has 21 heavy (non-hydrogen) atoms. The molecule has 1 saturated heterocycles. The summed E-state index contributed by atoms with van der Waals surface area (Å²) in [5.74, 6) is 7.20. The Hall–Kier alpha value is -1.99. The maximum Gasteiger partial charge on any atom is 0.253 e. The number of likely N-dealkylation sites (tertiary alicyclic amines) is 1. The first kappa shape index (κ1) is 15.4. The highest BCUT2D eigenvalue weighted by atomic mass is 16.5. The molecule has 0 saturated carbocycles. The zero-order valence-electron chi connectivity index (χ0n) is 12.7. The van der Waals surface area contributed by atoms with Gasteiger partial charge in [-0.25, -0.2) is 0 Å². The molecule has 0 spiro atoms. The minimum Gasteiger partial charge on any atom is -0.495 e. The molecule has 0 aliphatic carbocycles. The molecular formula is C17H22N2O2. The van der Waals surface area contributed by atoms with E-state index in [2.05, 4.69) is 18.8 Å². The lowest BCUT2D eigenvalue weighted by molar-refractivity contribution is 0.0697. The van der Waals surface area contributed by atoms with Crippen molar-refractivity contribution in [3.63, 3.8) is 0 Å². The van der Waals surface area contributed by atoms with Gasteiger partial charge in [0.05, 0.1) is 19.2 Å². The number of hydrogen-bond acceptors (Lipinski definition) is 3. The van der Waals surface area contributed by atoms with Crippen molar-refractivity contribution in [3.8, 4) is 17.6 Å². The molecule has 1 fully saturated rings. The number of nitrogens with zero attached hydrogens (tertiary/aromatic N) is 1. The fourth-order valence-electron chi connectivity index (χ4n) is 2.48. The molecule has 2 rings (SSSR count). The molecule has 4 nitrogen and oxygen atoms in total. The van der Waals surface area contributed by atoms with Crippen molar-refractivity contribution in [2.75, 3.05) is 26.7 Å². The van der Waals surface area contributed by atoms with E-state index >= 15 is 0 Å². The standard InChI is InChI=1S/C17H22N2O2/c1-13-7-10-19(11-8-13)17(20)15-5-6-16(21-2)14(12-15)4-3-9-18/h5-6,12-13H,7-11,18H2,1-2H3. The Morgan fingerprint density at radius 3 is 2.76 bits per heavy atom. The van der Waals surface area contributed by atoms with Gasteiger partial charge in [0, 0.05) is 18.7 Å². The van der Waals surface area contributed by atoms with E-state index < -0.39 is 0 Å². The lowest BCUT2D eigenvalue weighted by atomic mass is 9.98. The third-order valence-corrected chi connectivity index (χ3v) is 3.84. The number of carbonyl (C=O) groups is 1. The summed E-state index contributed by atoms with van der Waals surface area (Å²) in [7, 11) is 1.59. The minimum absolute atomic E-state index is 0.0698. The molecule has 1 amide bonds. The molecule has 4 heteroatoms. The maximum absolute atomic E-state index is 12.5. The summed E-state index contributed by atoms with van der Waals surface area (Å²) in [6.07, 6.45) is 2.14. The van der Waals surface area contributed by atoms with Crippen LogP contribution < -0.4 is 10.5 Å². The highest BCUT2D eigenvalue weighted by Crippen LogP contribution is 2.22. The molecule has 112 valence electrons. The SMILES string of the molecule is COc1ccc(C(=O)N2CCC(C)CC2)cc1C#CCN. The smallest absolute Gasteiger partial charge is 0.253 e. The van der Waals surface area contributed by atoms with E-state index in [1.807, 2.05) is 4.90 Å². The van der Waals surface area contributed by atoms with Crippen molar-refractivity contribution < 1.29 is 9.53 Å². The van der Waals surface area contributed by atoms with Crippen molar-refractivity contribution in [1.29, 1.82) is 0 Å². The van der Waals surface area contributed by atoms with Crippen LogP contribution in [-0.2, 0) is 0 Å². The van der Waals surface area contributed by atoms with E-state index in [9.17, 15) is 4.79 Å². The molecule has 1 aliphatic heterocycles. The fourth-order valence-corrected chi connectivity index (χ4v) is 2.48. The van der Waals surface area contributed by atoms with Gasteiger partial charge < -0.3 is 15.4 Å². The maximum atomic E-state index is 12.5. The molecular weight excluding hydrogens is 264 g/mol. The molecule has 0 atom stereocenters. The molecule has 0 bridgehead atoms. The average molecular weight is 286 g/mol. The number of amides is 1. The summed E-state index contributed by atoms with van der Waals surface area (Å²) < 4.78 is 5.27. The van der Waals surface area contributed by atoms with Gasteiger partial charge in [-0.1, -0.05) is 18.8 Å². The summed E-state index contributed by atoms with van der Waals surface area (Å²) in [5.41, 5.74) is 6.77. The van der Waals surface area contributed by atoms with Crippen LogP contribution >= 0.6 is 0 Å². The molecule has 2 N–H and O–H groups in total. The number of piperidine rings is 1. The van der Waals surface area contributed by atoms with Crippen molar-refractivity contribution >= 4 is 5.91 Å². The third kappa shape index (κ3) is 3.77. The molecule has 1 aromatic carbocycles. The minimum atomic E-state index is 0.0698. The molecule has 1 aliphatic rings. The Morgan fingerprint density at radius 2 is 2.14 bits per heavy atom. The van der Waals surface area contributed by atoms with Crippen LogP contribution in [0.15, 0.2) is 18.2 Å². The quantitative estimate of drug-likeness (QED) is 0.845. The highest BCUT2D eigenvalue weighted by Gasteiger charge is 2.21.